The molecule has 12 heavy (non-hydrogen) atoms. The number of phenols is 1. The normalized spacial score (nSPS) is 9.25. The molecule has 0 saturated carbocycles. The van der Waals surface area contributed by atoms with E-state index >= 15 is 0 Å². The molecule has 0 amide bonds. The molecule has 0 atom stereocenters. The van der Waals surface area contributed by atoms with Crippen LogP contribution in [0.4, 0.5) is 0 Å². The van der Waals surface area contributed by atoms with Gasteiger partial charge in [-0.05, 0) is 13.0 Å². The topological polar surface area (TPSA) is 20.2 Å². The first kappa shape index (κ1) is 10.8. The van der Waals surface area contributed by atoms with Crippen LogP contribution in [-0.4, -0.2) is 5.11 Å². The van der Waals surface area contributed by atoms with Gasteiger partial charge in [-0.2, -0.15) is 0 Å². The molecule has 66 valence electrons. The van der Waals surface area contributed by atoms with Gasteiger partial charge < -0.3 is 5.11 Å². The molecular formula is C11H16O. The van der Waals surface area contributed by atoms with E-state index in [2.05, 4.69) is 0 Å². The first-order chi connectivity index (χ1) is 5.84. The van der Waals surface area contributed by atoms with Crippen molar-refractivity contribution in [2.45, 2.75) is 20.8 Å². The summed E-state index contributed by atoms with van der Waals surface area (Å²) in [5, 5.41) is 9.19. The second kappa shape index (κ2) is 6.47. The SMILES string of the molecule is C/C=C\c1ccccc1O.CC. The van der Waals surface area contributed by atoms with Crippen molar-refractivity contribution in [2.24, 2.45) is 0 Å². The average Bonchev–Trinajstić information content (AvgIpc) is 2.13. The van der Waals surface area contributed by atoms with Gasteiger partial charge in [-0.3, -0.25) is 0 Å². The maximum absolute atomic E-state index is 9.19. The van der Waals surface area contributed by atoms with Crippen molar-refractivity contribution >= 4 is 6.08 Å². The summed E-state index contributed by atoms with van der Waals surface area (Å²) in [6.07, 6.45) is 3.77. The lowest BCUT2D eigenvalue weighted by Crippen LogP contribution is -1.70. The van der Waals surface area contributed by atoms with E-state index in [0.717, 1.165) is 5.56 Å². The Morgan fingerprint density at radius 2 is 1.75 bits per heavy atom. The van der Waals surface area contributed by atoms with E-state index in [4.69, 9.17) is 0 Å². The maximum atomic E-state index is 9.19. The fourth-order valence-corrected chi connectivity index (χ4v) is 0.808. The molecular weight excluding hydrogens is 148 g/mol. The number of aromatic hydroxyl groups is 1. The van der Waals surface area contributed by atoms with E-state index in [-0.39, 0.29) is 0 Å². The molecule has 1 aromatic rings. The molecule has 0 aromatic heterocycles. The van der Waals surface area contributed by atoms with Crippen LogP contribution in [0.15, 0.2) is 30.3 Å². The molecule has 0 unspecified atom stereocenters. The zero-order valence-corrected chi connectivity index (χ0v) is 7.91. The first-order valence-electron chi connectivity index (χ1n) is 4.25. The largest absolute Gasteiger partial charge is 0.507 e. The van der Waals surface area contributed by atoms with Crippen LogP contribution in [0.1, 0.15) is 26.3 Å². The van der Waals surface area contributed by atoms with E-state index in [9.17, 15) is 5.11 Å². The summed E-state index contributed by atoms with van der Waals surface area (Å²) in [7, 11) is 0. The number of rotatable bonds is 1. The van der Waals surface area contributed by atoms with Crippen LogP contribution in [0, 0.1) is 0 Å². The van der Waals surface area contributed by atoms with Crippen molar-refractivity contribution in [1.82, 2.24) is 0 Å². The first-order valence-corrected chi connectivity index (χ1v) is 4.25. The van der Waals surface area contributed by atoms with Crippen molar-refractivity contribution in [2.75, 3.05) is 0 Å². The van der Waals surface area contributed by atoms with Gasteiger partial charge in [0.1, 0.15) is 5.75 Å². The van der Waals surface area contributed by atoms with Crippen molar-refractivity contribution in [3.63, 3.8) is 0 Å². The van der Waals surface area contributed by atoms with Gasteiger partial charge in [-0.1, -0.05) is 44.2 Å². The number of phenolic OH excluding ortho intramolecular Hbond substituents is 1. The van der Waals surface area contributed by atoms with E-state index < -0.39 is 0 Å². The third-order valence-corrected chi connectivity index (χ3v) is 1.28. The number of para-hydroxylation sites is 1. The van der Waals surface area contributed by atoms with Crippen molar-refractivity contribution in [1.29, 1.82) is 0 Å². The van der Waals surface area contributed by atoms with Crippen molar-refractivity contribution in [3.05, 3.63) is 35.9 Å². The quantitative estimate of drug-likeness (QED) is 0.674. The molecule has 1 heteroatoms. The van der Waals surface area contributed by atoms with Gasteiger partial charge in [0, 0.05) is 5.56 Å². The van der Waals surface area contributed by atoms with Gasteiger partial charge in [0.2, 0.25) is 0 Å². The highest BCUT2D eigenvalue weighted by atomic mass is 16.3. The monoisotopic (exact) mass is 164 g/mol. The molecule has 0 spiro atoms. The lowest BCUT2D eigenvalue weighted by Gasteiger charge is -1.94. The third kappa shape index (κ3) is 3.24. The minimum atomic E-state index is 0.334. The molecule has 1 aromatic carbocycles. The van der Waals surface area contributed by atoms with E-state index in [0.29, 0.717) is 5.75 Å². The summed E-state index contributed by atoms with van der Waals surface area (Å²) in [4.78, 5) is 0. The number of hydrogen-bond acceptors (Lipinski definition) is 1. The highest BCUT2D eigenvalue weighted by Gasteiger charge is 1.90. The maximum Gasteiger partial charge on any atom is 0.122 e. The molecule has 1 rings (SSSR count). The fraction of sp³-hybridized carbons (Fsp3) is 0.273. The Labute approximate surface area is 74.4 Å². The molecule has 1 N–H and O–H groups in total. The van der Waals surface area contributed by atoms with E-state index in [1.165, 1.54) is 0 Å². The predicted octanol–water partition coefficient (Wildman–Crippen LogP) is 3.45. The molecule has 0 aliphatic heterocycles. The van der Waals surface area contributed by atoms with E-state index in [1.54, 1.807) is 6.07 Å². The summed E-state index contributed by atoms with van der Waals surface area (Å²) in [6.45, 7) is 5.92. The van der Waals surface area contributed by atoms with Crippen LogP contribution in [0.3, 0.4) is 0 Å². The Kier molecular flexibility index (Phi) is 5.80. The Bertz CT molecular complexity index is 239. The standard InChI is InChI=1S/C9H10O.C2H6/c1-2-5-8-6-3-4-7-9(8)10;1-2/h2-7,10H,1H3;1-2H3/b5-2-;. The summed E-state index contributed by atoms with van der Waals surface area (Å²) >= 11 is 0. The molecule has 0 fully saturated rings. The molecule has 0 heterocycles. The Morgan fingerprint density at radius 3 is 2.25 bits per heavy atom. The van der Waals surface area contributed by atoms with Gasteiger partial charge in [0.25, 0.3) is 0 Å². The van der Waals surface area contributed by atoms with Crippen LogP contribution in [-0.2, 0) is 0 Å². The van der Waals surface area contributed by atoms with Gasteiger partial charge in [-0.15, -0.1) is 0 Å². The summed E-state index contributed by atoms with van der Waals surface area (Å²) < 4.78 is 0. The molecule has 0 aliphatic rings. The highest BCUT2D eigenvalue weighted by Crippen LogP contribution is 2.16. The molecule has 0 saturated heterocycles. The minimum Gasteiger partial charge on any atom is -0.507 e. The van der Waals surface area contributed by atoms with Gasteiger partial charge in [-0.25, -0.2) is 0 Å². The Balaban J connectivity index is 0.000000561. The zero-order valence-electron chi connectivity index (χ0n) is 7.91. The Hall–Kier alpha value is -1.24. The van der Waals surface area contributed by atoms with Crippen LogP contribution in [0.2, 0.25) is 0 Å². The van der Waals surface area contributed by atoms with Gasteiger partial charge in [0.15, 0.2) is 0 Å². The van der Waals surface area contributed by atoms with Crippen LogP contribution in [0.25, 0.3) is 6.08 Å². The van der Waals surface area contributed by atoms with Gasteiger partial charge >= 0.3 is 0 Å². The molecule has 0 radical (unpaired) electrons. The second-order valence-electron chi connectivity index (χ2n) is 2.06. The second-order valence-corrected chi connectivity index (χ2v) is 2.06. The summed E-state index contributed by atoms with van der Waals surface area (Å²) in [6, 6.07) is 7.25. The highest BCUT2D eigenvalue weighted by molar-refractivity contribution is 5.55. The molecule has 0 aliphatic carbocycles. The summed E-state index contributed by atoms with van der Waals surface area (Å²) in [5.74, 6) is 0.334. The summed E-state index contributed by atoms with van der Waals surface area (Å²) in [5.41, 5.74) is 0.866. The van der Waals surface area contributed by atoms with Crippen LogP contribution in [0.5, 0.6) is 5.75 Å². The van der Waals surface area contributed by atoms with Crippen LogP contribution >= 0.6 is 0 Å². The molecule has 1 nitrogen and oxygen atoms in total. The van der Waals surface area contributed by atoms with Crippen LogP contribution < -0.4 is 0 Å². The van der Waals surface area contributed by atoms with E-state index in [1.807, 2.05) is 51.1 Å². The number of hydrogen-bond donors (Lipinski definition) is 1. The predicted molar refractivity (Wildman–Crippen MR) is 54.2 cm³/mol. The zero-order chi connectivity index (χ0) is 9.40. The molecule has 0 bridgehead atoms. The smallest absolute Gasteiger partial charge is 0.122 e. The Morgan fingerprint density at radius 1 is 1.17 bits per heavy atom. The average molecular weight is 164 g/mol. The minimum absolute atomic E-state index is 0.334. The van der Waals surface area contributed by atoms with Gasteiger partial charge in [0.05, 0.1) is 0 Å². The lowest BCUT2D eigenvalue weighted by molar-refractivity contribution is 0.474. The third-order valence-electron chi connectivity index (χ3n) is 1.28. The van der Waals surface area contributed by atoms with Crippen molar-refractivity contribution < 1.29 is 5.11 Å². The number of benzene rings is 1. The lowest BCUT2D eigenvalue weighted by atomic mass is 10.2. The number of allylic oxidation sites excluding steroid dienone is 1. The van der Waals surface area contributed by atoms with Crippen molar-refractivity contribution in [3.8, 4) is 5.75 Å². The fourth-order valence-electron chi connectivity index (χ4n) is 0.808.